The van der Waals surface area contributed by atoms with Gasteiger partial charge in [0.15, 0.2) is 0 Å². The first kappa shape index (κ1) is 17.1. The summed E-state index contributed by atoms with van der Waals surface area (Å²) in [5, 5.41) is 3.05. The molecule has 0 spiro atoms. The van der Waals surface area contributed by atoms with Gasteiger partial charge in [-0.15, -0.1) is 0 Å². The van der Waals surface area contributed by atoms with Crippen LogP contribution in [0.3, 0.4) is 0 Å². The number of aryl methyl sites for hydroxylation is 1. The number of hydrogen-bond donors (Lipinski definition) is 1. The van der Waals surface area contributed by atoms with Gasteiger partial charge in [0.2, 0.25) is 0 Å². The topological polar surface area (TPSA) is 12.0 Å². The lowest BCUT2D eigenvalue weighted by molar-refractivity contribution is 0.448. The van der Waals surface area contributed by atoms with Crippen molar-refractivity contribution in [3.8, 4) is 0 Å². The van der Waals surface area contributed by atoms with E-state index in [1.807, 2.05) is 0 Å². The van der Waals surface area contributed by atoms with Gasteiger partial charge in [0, 0.05) is 11.6 Å². The summed E-state index contributed by atoms with van der Waals surface area (Å²) >= 11 is 0. The molecule has 0 bridgehead atoms. The van der Waals surface area contributed by atoms with E-state index in [4.69, 9.17) is 0 Å². The number of hydrogen-bond acceptors (Lipinski definition) is 1. The highest BCUT2D eigenvalue weighted by Gasteiger charge is 2.19. The third-order valence-electron chi connectivity index (χ3n) is 3.86. The Bertz CT molecular complexity index is 404. The average molecular weight is 283 g/mol. The molecule has 0 saturated carbocycles. The number of halogens is 2. The number of rotatable bonds is 9. The highest BCUT2D eigenvalue weighted by atomic mass is 19.1. The molecule has 0 amide bonds. The number of unbranched alkanes of at least 4 members (excludes halogenated alkanes) is 5. The highest BCUT2D eigenvalue weighted by Crippen LogP contribution is 2.27. The summed E-state index contributed by atoms with van der Waals surface area (Å²) < 4.78 is 28.0. The minimum absolute atomic E-state index is 0.195. The zero-order valence-corrected chi connectivity index (χ0v) is 12.9. The maximum atomic E-state index is 14.1. The van der Waals surface area contributed by atoms with Gasteiger partial charge in [-0.3, -0.25) is 0 Å². The lowest BCUT2D eigenvalue weighted by atomic mass is 9.97. The first-order chi connectivity index (χ1) is 9.61. The van der Waals surface area contributed by atoms with Crippen LogP contribution in [0.15, 0.2) is 12.1 Å². The molecule has 1 nitrogen and oxygen atoms in total. The van der Waals surface area contributed by atoms with Crippen molar-refractivity contribution in [1.82, 2.24) is 5.32 Å². The van der Waals surface area contributed by atoms with Crippen LogP contribution in [0.25, 0.3) is 0 Å². The Morgan fingerprint density at radius 1 is 1.05 bits per heavy atom. The van der Waals surface area contributed by atoms with E-state index in [1.54, 1.807) is 14.0 Å². The Morgan fingerprint density at radius 2 is 1.70 bits per heavy atom. The lowest BCUT2D eigenvalue weighted by Gasteiger charge is -2.19. The SMILES string of the molecule is CCCCCCCCC(NC)c1c(F)ccc(C)c1F. The molecule has 0 aliphatic carbocycles. The van der Waals surface area contributed by atoms with Crippen LogP contribution in [0, 0.1) is 18.6 Å². The molecule has 0 heterocycles. The van der Waals surface area contributed by atoms with E-state index in [-0.39, 0.29) is 11.6 Å². The minimum Gasteiger partial charge on any atom is -0.313 e. The monoisotopic (exact) mass is 283 g/mol. The molecule has 1 N–H and O–H groups in total. The van der Waals surface area contributed by atoms with E-state index in [2.05, 4.69) is 12.2 Å². The van der Waals surface area contributed by atoms with Crippen LogP contribution < -0.4 is 5.32 Å². The van der Waals surface area contributed by atoms with Crippen molar-refractivity contribution in [1.29, 1.82) is 0 Å². The Kier molecular flexibility index (Phi) is 7.75. The molecule has 20 heavy (non-hydrogen) atoms. The summed E-state index contributed by atoms with van der Waals surface area (Å²) in [5.41, 5.74) is 0.700. The molecule has 0 saturated heterocycles. The quantitative estimate of drug-likeness (QED) is 0.608. The molecule has 0 fully saturated rings. The van der Waals surface area contributed by atoms with Crippen LogP contribution in [0.1, 0.15) is 69.0 Å². The molecule has 0 radical (unpaired) electrons. The van der Waals surface area contributed by atoms with Gasteiger partial charge in [-0.1, -0.05) is 51.5 Å². The third kappa shape index (κ3) is 4.86. The van der Waals surface area contributed by atoms with Crippen LogP contribution in [0.2, 0.25) is 0 Å². The van der Waals surface area contributed by atoms with E-state index in [0.29, 0.717) is 5.56 Å². The fourth-order valence-corrected chi connectivity index (χ4v) is 2.56. The van der Waals surface area contributed by atoms with Crippen molar-refractivity contribution < 1.29 is 8.78 Å². The first-order valence-electron chi connectivity index (χ1n) is 7.73. The van der Waals surface area contributed by atoms with Crippen molar-refractivity contribution >= 4 is 0 Å². The predicted octanol–water partition coefficient (Wildman–Crippen LogP) is 5.28. The summed E-state index contributed by atoms with van der Waals surface area (Å²) in [6.07, 6.45) is 7.89. The van der Waals surface area contributed by atoms with Crippen LogP contribution in [0.4, 0.5) is 8.78 Å². The van der Waals surface area contributed by atoms with Gasteiger partial charge in [-0.25, -0.2) is 8.78 Å². The van der Waals surface area contributed by atoms with E-state index >= 15 is 0 Å². The second-order valence-electron chi connectivity index (χ2n) is 5.49. The molecule has 1 rings (SSSR count). The molecule has 1 atom stereocenters. The van der Waals surface area contributed by atoms with Gasteiger partial charge in [-0.05, 0) is 32.0 Å². The second-order valence-corrected chi connectivity index (χ2v) is 5.49. The van der Waals surface area contributed by atoms with Gasteiger partial charge in [0.1, 0.15) is 11.6 Å². The molecular formula is C17H27F2N. The summed E-state index contributed by atoms with van der Waals surface area (Å²) in [6, 6.07) is 2.62. The first-order valence-corrected chi connectivity index (χ1v) is 7.73. The van der Waals surface area contributed by atoms with Gasteiger partial charge in [-0.2, -0.15) is 0 Å². The van der Waals surface area contributed by atoms with Crippen LogP contribution in [-0.2, 0) is 0 Å². The van der Waals surface area contributed by atoms with Gasteiger partial charge in [0.25, 0.3) is 0 Å². The summed E-state index contributed by atoms with van der Waals surface area (Å²) in [4.78, 5) is 0. The molecule has 0 aliphatic rings. The molecule has 1 aromatic rings. The molecule has 114 valence electrons. The number of nitrogens with one attached hydrogen (secondary N) is 1. The Hall–Kier alpha value is -0.960. The lowest BCUT2D eigenvalue weighted by Crippen LogP contribution is -2.19. The Balaban J connectivity index is 2.56. The number of benzene rings is 1. The zero-order chi connectivity index (χ0) is 15.0. The second kappa shape index (κ2) is 9.06. The molecular weight excluding hydrogens is 256 g/mol. The molecule has 1 unspecified atom stereocenters. The highest BCUT2D eigenvalue weighted by molar-refractivity contribution is 5.29. The Labute approximate surface area is 121 Å². The van der Waals surface area contributed by atoms with Crippen molar-refractivity contribution in [3.05, 3.63) is 34.9 Å². The van der Waals surface area contributed by atoms with Crippen molar-refractivity contribution in [3.63, 3.8) is 0 Å². The summed E-state index contributed by atoms with van der Waals surface area (Å²) in [6.45, 7) is 3.87. The standard InChI is InChI=1S/C17H27F2N/c1-4-5-6-7-8-9-10-15(20-3)16-14(18)12-11-13(2)17(16)19/h11-12,15,20H,4-10H2,1-3H3. The maximum Gasteiger partial charge on any atom is 0.133 e. The summed E-state index contributed by atoms with van der Waals surface area (Å²) in [5.74, 6) is -0.853. The van der Waals surface area contributed by atoms with E-state index in [9.17, 15) is 8.78 Å². The largest absolute Gasteiger partial charge is 0.313 e. The Morgan fingerprint density at radius 3 is 2.35 bits per heavy atom. The third-order valence-corrected chi connectivity index (χ3v) is 3.86. The normalized spacial score (nSPS) is 12.7. The molecule has 0 aliphatic heterocycles. The van der Waals surface area contributed by atoms with E-state index in [0.717, 1.165) is 19.3 Å². The average Bonchev–Trinajstić information content (AvgIpc) is 2.45. The maximum absolute atomic E-state index is 14.1. The van der Waals surface area contributed by atoms with Gasteiger partial charge >= 0.3 is 0 Å². The minimum atomic E-state index is -0.446. The molecule has 0 aromatic heterocycles. The fourth-order valence-electron chi connectivity index (χ4n) is 2.56. The van der Waals surface area contributed by atoms with Crippen LogP contribution in [0.5, 0.6) is 0 Å². The fraction of sp³-hybridized carbons (Fsp3) is 0.647. The summed E-state index contributed by atoms with van der Waals surface area (Å²) in [7, 11) is 1.77. The van der Waals surface area contributed by atoms with E-state index in [1.165, 1.54) is 37.8 Å². The van der Waals surface area contributed by atoms with Gasteiger partial charge < -0.3 is 5.32 Å². The van der Waals surface area contributed by atoms with Crippen molar-refractivity contribution in [2.75, 3.05) is 7.05 Å². The van der Waals surface area contributed by atoms with Crippen LogP contribution in [-0.4, -0.2) is 7.05 Å². The van der Waals surface area contributed by atoms with Crippen molar-refractivity contribution in [2.24, 2.45) is 0 Å². The zero-order valence-electron chi connectivity index (χ0n) is 12.9. The van der Waals surface area contributed by atoms with E-state index < -0.39 is 11.6 Å². The smallest absolute Gasteiger partial charge is 0.133 e. The van der Waals surface area contributed by atoms with Gasteiger partial charge in [0.05, 0.1) is 0 Å². The molecule has 3 heteroatoms. The van der Waals surface area contributed by atoms with Crippen molar-refractivity contribution in [2.45, 2.75) is 64.8 Å². The predicted molar refractivity (Wildman–Crippen MR) is 80.9 cm³/mol. The molecule has 1 aromatic carbocycles. The van der Waals surface area contributed by atoms with Crippen LogP contribution >= 0.6 is 0 Å².